The molecule has 0 saturated heterocycles. The van der Waals surface area contributed by atoms with Gasteiger partial charge in [-0.05, 0) is 0 Å². The standard InChI is InChI=1S/C12H12N4O3/c13-11(17)9-16(7-6-14-12(16)15(18)19)8-10-4-2-1-3-5-10/h1-7H,8-9H2,(H-,13,17)/p+1. The van der Waals surface area contributed by atoms with Gasteiger partial charge < -0.3 is 15.8 Å². The first-order valence-corrected chi connectivity index (χ1v) is 5.63. The normalized spacial score (nSPS) is 21.2. The molecule has 19 heavy (non-hydrogen) atoms. The lowest BCUT2D eigenvalue weighted by molar-refractivity contribution is -0.827. The second-order valence-electron chi connectivity index (χ2n) is 4.29. The average Bonchev–Trinajstić information content (AvgIpc) is 2.72. The van der Waals surface area contributed by atoms with Crippen LogP contribution in [0.1, 0.15) is 5.56 Å². The smallest absolute Gasteiger partial charge is 0.365 e. The molecule has 1 unspecified atom stereocenters. The minimum absolute atomic E-state index is 0.189. The number of amides is 1. The van der Waals surface area contributed by atoms with Crippen molar-refractivity contribution in [3.8, 4) is 0 Å². The summed E-state index contributed by atoms with van der Waals surface area (Å²) >= 11 is 0. The van der Waals surface area contributed by atoms with Gasteiger partial charge in [0, 0.05) is 15.5 Å². The van der Waals surface area contributed by atoms with Gasteiger partial charge in [0.15, 0.2) is 18.9 Å². The van der Waals surface area contributed by atoms with Gasteiger partial charge in [-0.1, -0.05) is 30.3 Å². The quantitative estimate of drug-likeness (QED) is 0.488. The van der Waals surface area contributed by atoms with Gasteiger partial charge >= 0.3 is 5.96 Å². The number of guanidine groups is 1. The van der Waals surface area contributed by atoms with E-state index in [1.165, 1.54) is 12.4 Å². The molecule has 0 aliphatic carbocycles. The first kappa shape index (κ1) is 12.9. The van der Waals surface area contributed by atoms with Gasteiger partial charge in [-0.15, -0.1) is 0 Å². The molecule has 1 aliphatic heterocycles. The van der Waals surface area contributed by atoms with Crippen LogP contribution in [0, 0.1) is 10.1 Å². The number of nitrogens with zero attached hydrogens (tertiary/aromatic N) is 3. The molecule has 1 aromatic rings. The summed E-state index contributed by atoms with van der Waals surface area (Å²) in [5.74, 6) is -0.903. The van der Waals surface area contributed by atoms with Crippen molar-refractivity contribution in [2.24, 2.45) is 10.7 Å². The molecular weight excluding hydrogens is 248 g/mol. The number of benzene rings is 1. The monoisotopic (exact) mass is 261 g/mol. The molecule has 0 aromatic heterocycles. The Balaban J connectivity index is 2.36. The molecule has 7 heteroatoms. The van der Waals surface area contributed by atoms with Crippen molar-refractivity contribution in [3.05, 3.63) is 58.4 Å². The Morgan fingerprint density at radius 2 is 2.05 bits per heavy atom. The summed E-state index contributed by atoms with van der Waals surface area (Å²) in [4.78, 5) is 25.4. The molecule has 7 nitrogen and oxygen atoms in total. The minimum Gasteiger partial charge on any atom is -0.365 e. The maximum absolute atomic E-state index is 11.2. The second kappa shape index (κ2) is 4.99. The number of hydrogen-bond acceptors (Lipinski definition) is 4. The van der Waals surface area contributed by atoms with Gasteiger partial charge in [-0.2, -0.15) is 4.48 Å². The van der Waals surface area contributed by atoms with Crippen molar-refractivity contribution in [3.63, 3.8) is 0 Å². The fourth-order valence-corrected chi connectivity index (χ4v) is 2.11. The lowest BCUT2D eigenvalue weighted by Gasteiger charge is -2.25. The van der Waals surface area contributed by atoms with E-state index >= 15 is 0 Å². The van der Waals surface area contributed by atoms with Crippen molar-refractivity contribution in [2.45, 2.75) is 6.54 Å². The van der Waals surface area contributed by atoms with E-state index in [-0.39, 0.29) is 23.5 Å². The molecule has 2 rings (SSSR count). The number of hydrogen-bond donors (Lipinski definition) is 1. The Hall–Kier alpha value is -2.54. The zero-order chi connectivity index (χ0) is 13.9. The molecule has 98 valence electrons. The van der Waals surface area contributed by atoms with E-state index in [1.54, 1.807) is 0 Å². The highest BCUT2D eigenvalue weighted by atomic mass is 16.6. The van der Waals surface area contributed by atoms with Gasteiger partial charge in [0.05, 0.1) is 0 Å². The Kier molecular flexibility index (Phi) is 3.39. The minimum atomic E-state index is -0.614. The molecule has 0 bridgehead atoms. The number of rotatable bonds is 4. The molecule has 1 heterocycles. The average molecular weight is 261 g/mol. The summed E-state index contributed by atoms with van der Waals surface area (Å²) in [5.41, 5.74) is 6.07. The van der Waals surface area contributed by atoms with E-state index in [9.17, 15) is 14.9 Å². The molecule has 2 N–H and O–H groups in total. The van der Waals surface area contributed by atoms with Gasteiger partial charge in [0.25, 0.3) is 5.91 Å². The topological polar surface area (TPSA) is 98.6 Å². The maximum Gasteiger partial charge on any atom is 0.544 e. The number of aliphatic imine (C=N–C) groups is 1. The predicted octanol–water partition coefficient (Wildman–Crippen LogP) is 0.606. The van der Waals surface area contributed by atoms with E-state index in [2.05, 4.69) is 4.99 Å². The highest BCUT2D eigenvalue weighted by Crippen LogP contribution is 2.22. The third kappa shape index (κ3) is 2.66. The molecule has 0 saturated carbocycles. The number of carbonyl (C=O) groups is 1. The van der Waals surface area contributed by atoms with E-state index in [0.29, 0.717) is 0 Å². The van der Waals surface area contributed by atoms with E-state index in [0.717, 1.165) is 5.56 Å². The largest absolute Gasteiger partial charge is 0.544 e. The first-order valence-electron chi connectivity index (χ1n) is 5.63. The summed E-state index contributed by atoms with van der Waals surface area (Å²) in [6.07, 6.45) is 2.86. The molecule has 0 spiro atoms. The lowest BCUT2D eigenvalue weighted by Crippen LogP contribution is -2.53. The molecule has 1 aromatic carbocycles. The third-order valence-corrected chi connectivity index (χ3v) is 2.85. The van der Waals surface area contributed by atoms with Crippen LogP contribution in [0.25, 0.3) is 0 Å². The van der Waals surface area contributed by atoms with E-state index < -0.39 is 10.8 Å². The molecule has 0 fully saturated rings. The van der Waals surface area contributed by atoms with Crippen molar-refractivity contribution >= 4 is 11.9 Å². The number of nitro groups is 1. The van der Waals surface area contributed by atoms with Crippen LogP contribution in [-0.2, 0) is 11.3 Å². The summed E-state index contributed by atoms with van der Waals surface area (Å²) < 4.78 is -0.285. The highest BCUT2D eigenvalue weighted by Gasteiger charge is 2.47. The van der Waals surface area contributed by atoms with Crippen molar-refractivity contribution in [2.75, 3.05) is 6.54 Å². The van der Waals surface area contributed by atoms with Crippen molar-refractivity contribution in [1.29, 1.82) is 0 Å². The number of nitrogens with two attached hydrogens (primary N) is 1. The third-order valence-electron chi connectivity index (χ3n) is 2.85. The molecule has 1 atom stereocenters. The van der Waals surface area contributed by atoms with Crippen LogP contribution in [0.2, 0.25) is 0 Å². The predicted molar refractivity (Wildman–Crippen MR) is 68.0 cm³/mol. The van der Waals surface area contributed by atoms with Gasteiger partial charge in [-0.3, -0.25) is 4.79 Å². The van der Waals surface area contributed by atoms with Gasteiger partial charge in [0.2, 0.25) is 0 Å². The molecule has 1 aliphatic rings. The van der Waals surface area contributed by atoms with E-state index in [4.69, 9.17) is 5.73 Å². The van der Waals surface area contributed by atoms with Crippen LogP contribution < -0.4 is 5.73 Å². The molecule has 0 radical (unpaired) electrons. The van der Waals surface area contributed by atoms with E-state index in [1.807, 2.05) is 30.3 Å². The Bertz CT molecular complexity index is 568. The van der Waals surface area contributed by atoms with Crippen LogP contribution in [0.3, 0.4) is 0 Å². The Morgan fingerprint density at radius 1 is 1.37 bits per heavy atom. The number of primary amides is 1. The molecule has 1 amide bonds. The SMILES string of the molecule is NC(=O)C[N+]1(Cc2ccccc2)C=CN=C1[N+](=O)[O-]. The Morgan fingerprint density at radius 3 is 2.63 bits per heavy atom. The van der Waals surface area contributed by atoms with Gasteiger partial charge in [-0.25, -0.2) is 0 Å². The zero-order valence-electron chi connectivity index (χ0n) is 10.1. The fraction of sp³-hybridized carbons (Fsp3) is 0.167. The molecular formula is C12H13N4O3+. The Labute approximate surface area is 109 Å². The summed E-state index contributed by atoms with van der Waals surface area (Å²) in [7, 11) is 0. The van der Waals surface area contributed by atoms with Crippen LogP contribution >= 0.6 is 0 Å². The summed E-state index contributed by atoms with van der Waals surface area (Å²) in [6, 6.07) is 9.19. The maximum atomic E-state index is 11.2. The van der Waals surface area contributed by atoms with Crippen LogP contribution in [-0.4, -0.2) is 27.8 Å². The van der Waals surface area contributed by atoms with Crippen LogP contribution in [0.4, 0.5) is 0 Å². The number of quaternary nitrogens is 1. The van der Waals surface area contributed by atoms with Crippen LogP contribution in [0.5, 0.6) is 0 Å². The van der Waals surface area contributed by atoms with Crippen molar-refractivity contribution in [1.82, 2.24) is 0 Å². The summed E-state index contributed by atoms with van der Waals surface area (Å²) in [6.45, 7) is 0.0747. The van der Waals surface area contributed by atoms with Gasteiger partial charge in [0.1, 0.15) is 6.54 Å². The lowest BCUT2D eigenvalue weighted by atomic mass is 10.2. The number of carbonyl (C=O) groups excluding carboxylic acids is 1. The van der Waals surface area contributed by atoms with Crippen molar-refractivity contribution < 1.29 is 14.2 Å². The first-order chi connectivity index (χ1) is 9.03. The fourth-order valence-electron chi connectivity index (χ4n) is 2.11. The summed E-state index contributed by atoms with van der Waals surface area (Å²) in [5, 5.41) is 11.1. The second-order valence-corrected chi connectivity index (χ2v) is 4.29. The highest BCUT2D eigenvalue weighted by molar-refractivity contribution is 5.78. The van der Waals surface area contributed by atoms with Crippen LogP contribution in [0.15, 0.2) is 47.7 Å². The zero-order valence-corrected chi connectivity index (χ0v) is 10.1.